The third kappa shape index (κ3) is 9.32. The van der Waals surface area contributed by atoms with Crippen LogP contribution in [0, 0.1) is 23.7 Å². The van der Waals surface area contributed by atoms with Crippen LogP contribution < -0.4 is 4.74 Å². The molecule has 0 spiro atoms. The van der Waals surface area contributed by atoms with Crippen molar-refractivity contribution in [3.8, 4) is 17.6 Å². The summed E-state index contributed by atoms with van der Waals surface area (Å²) in [6.45, 7) is 5.18. The van der Waals surface area contributed by atoms with Crippen molar-refractivity contribution >= 4 is 6.08 Å². The Bertz CT molecular complexity index is 633. The van der Waals surface area contributed by atoms with E-state index in [0.717, 1.165) is 36.2 Å². The number of rotatable bonds is 10. The fourth-order valence-corrected chi connectivity index (χ4v) is 3.84. The van der Waals surface area contributed by atoms with Gasteiger partial charge in [0.05, 0.1) is 6.61 Å². The average Bonchev–Trinajstić information content (AvgIpc) is 2.74. The van der Waals surface area contributed by atoms with Crippen LogP contribution in [0.4, 0.5) is 0 Å². The second kappa shape index (κ2) is 14.1. The van der Waals surface area contributed by atoms with Crippen molar-refractivity contribution in [1.29, 1.82) is 0 Å². The van der Waals surface area contributed by atoms with Crippen molar-refractivity contribution in [2.24, 2.45) is 11.8 Å². The predicted molar refractivity (Wildman–Crippen MR) is 122 cm³/mol. The van der Waals surface area contributed by atoms with Crippen LogP contribution >= 0.6 is 0 Å². The molecule has 0 saturated heterocycles. The molecule has 0 aromatic heterocycles. The Kier molecular flexibility index (Phi) is 11.3. The molecular weight excluding hydrogens is 340 g/mol. The molecule has 1 heteroatoms. The average molecular weight is 379 g/mol. The summed E-state index contributed by atoms with van der Waals surface area (Å²) in [5, 5.41) is 0. The van der Waals surface area contributed by atoms with E-state index < -0.39 is 0 Å². The number of unbranched alkanes of at least 4 members (excludes halogenated alkanes) is 3. The molecule has 1 aromatic rings. The van der Waals surface area contributed by atoms with E-state index in [2.05, 4.69) is 50.0 Å². The minimum Gasteiger partial charge on any atom is -0.494 e. The normalized spacial score (nSPS) is 19.6. The minimum absolute atomic E-state index is 0.737. The van der Waals surface area contributed by atoms with Gasteiger partial charge in [0, 0.05) is 0 Å². The lowest BCUT2D eigenvalue weighted by molar-refractivity contribution is 0.289. The van der Waals surface area contributed by atoms with Crippen LogP contribution in [0.15, 0.2) is 42.5 Å². The van der Waals surface area contributed by atoms with E-state index in [1.54, 1.807) is 0 Å². The van der Waals surface area contributed by atoms with Crippen LogP contribution in [0.2, 0.25) is 0 Å². The van der Waals surface area contributed by atoms with Crippen LogP contribution in [0.3, 0.4) is 0 Å². The first kappa shape index (κ1) is 22.4. The lowest BCUT2D eigenvalue weighted by atomic mass is 9.79. The predicted octanol–water partition coefficient (Wildman–Crippen LogP) is 7.83. The summed E-state index contributed by atoms with van der Waals surface area (Å²) in [6, 6.07) is 8.17. The van der Waals surface area contributed by atoms with E-state index in [4.69, 9.17) is 4.74 Å². The fraction of sp³-hybridized carbons (Fsp3) is 0.556. The highest BCUT2D eigenvalue weighted by Crippen LogP contribution is 2.32. The van der Waals surface area contributed by atoms with Gasteiger partial charge in [-0.1, -0.05) is 76.0 Å². The third-order valence-corrected chi connectivity index (χ3v) is 5.60. The van der Waals surface area contributed by atoms with E-state index in [-0.39, 0.29) is 0 Å². The second-order valence-corrected chi connectivity index (χ2v) is 8.03. The monoisotopic (exact) mass is 378 g/mol. The maximum Gasteiger partial charge on any atom is 0.119 e. The summed E-state index contributed by atoms with van der Waals surface area (Å²) in [4.78, 5) is 0. The van der Waals surface area contributed by atoms with Gasteiger partial charge >= 0.3 is 0 Å². The van der Waals surface area contributed by atoms with Gasteiger partial charge in [-0.05, 0) is 79.9 Å². The molecule has 0 radical (unpaired) electrons. The SMILES string of the molecule is CCCCCCC1CCC(/C=C/C#C/C=C/c2ccc(OCCC)cc2)CC1. The summed E-state index contributed by atoms with van der Waals surface area (Å²) >= 11 is 0. The first-order chi connectivity index (χ1) is 13.8. The molecule has 0 unspecified atom stereocenters. The highest BCUT2D eigenvalue weighted by atomic mass is 16.5. The minimum atomic E-state index is 0.737. The maximum atomic E-state index is 5.60. The van der Waals surface area contributed by atoms with Gasteiger partial charge in [0.25, 0.3) is 0 Å². The molecule has 0 N–H and O–H groups in total. The van der Waals surface area contributed by atoms with Crippen molar-refractivity contribution in [3.05, 3.63) is 48.1 Å². The number of allylic oxidation sites excluding steroid dienone is 3. The van der Waals surface area contributed by atoms with E-state index >= 15 is 0 Å². The van der Waals surface area contributed by atoms with E-state index in [0.29, 0.717) is 0 Å². The largest absolute Gasteiger partial charge is 0.494 e. The zero-order valence-electron chi connectivity index (χ0n) is 18.0. The molecule has 0 atom stereocenters. The van der Waals surface area contributed by atoms with Crippen LogP contribution in [0.25, 0.3) is 6.08 Å². The van der Waals surface area contributed by atoms with Crippen LogP contribution in [-0.2, 0) is 0 Å². The van der Waals surface area contributed by atoms with Gasteiger partial charge in [-0.2, -0.15) is 0 Å². The van der Waals surface area contributed by atoms with Gasteiger partial charge < -0.3 is 4.74 Å². The number of ether oxygens (including phenoxy) is 1. The van der Waals surface area contributed by atoms with Crippen LogP contribution in [0.1, 0.15) is 83.6 Å². The van der Waals surface area contributed by atoms with Crippen molar-refractivity contribution in [2.75, 3.05) is 6.61 Å². The summed E-state index contributed by atoms with van der Waals surface area (Å²) in [7, 11) is 0. The highest BCUT2D eigenvalue weighted by Gasteiger charge is 2.18. The smallest absolute Gasteiger partial charge is 0.119 e. The summed E-state index contributed by atoms with van der Waals surface area (Å²) in [6.07, 6.45) is 22.0. The molecule has 0 heterocycles. The Morgan fingerprint density at radius 1 is 0.893 bits per heavy atom. The molecule has 1 aliphatic carbocycles. The van der Waals surface area contributed by atoms with Gasteiger partial charge in [0.2, 0.25) is 0 Å². The summed E-state index contributed by atoms with van der Waals surface area (Å²) in [5.74, 6) is 8.93. The van der Waals surface area contributed by atoms with Crippen LogP contribution in [-0.4, -0.2) is 6.61 Å². The molecule has 2 rings (SSSR count). The Hall–Kier alpha value is -1.94. The lowest BCUT2D eigenvalue weighted by Gasteiger charge is -2.26. The highest BCUT2D eigenvalue weighted by molar-refractivity contribution is 5.54. The van der Waals surface area contributed by atoms with Gasteiger partial charge in [0.15, 0.2) is 0 Å². The molecule has 1 nitrogen and oxygen atoms in total. The molecule has 0 aliphatic heterocycles. The lowest BCUT2D eigenvalue weighted by Crippen LogP contribution is -2.12. The first-order valence-electron chi connectivity index (χ1n) is 11.4. The van der Waals surface area contributed by atoms with E-state index in [1.165, 1.54) is 57.8 Å². The fourth-order valence-electron chi connectivity index (χ4n) is 3.84. The molecule has 1 saturated carbocycles. The Morgan fingerprint density at radius 3 is 2.36 bits per heavy atom. The number of hydrogen-bond acceptors (Lipinski definition) is 1. The molecule has 0 amide bonds. The van der Waals surface area contributed by atoms with E-state index in [9.17, 15) is 0 Å². The Morgan fingerprint density at radius 2 is 1.64 bits per heavy atom. The zero-order chi connectivity index (χ0) is 19.9. The van der Waals surface area contributed by atoms with E-state index in [1.807, 2.05) is 24.3 Å². The first-order valence-corrected chi connectivity index (χ1v) is 11.4. The molecule has 1 aromatic carbocycles. The third-order valence-electron chi connectivity index (χ3n) is 5.60. The molecule has 28 heavy (non-hydrogen) atoms. The zero-order valence-corrected chi connectivity index (χ0v) is 18.0. The van der Waals surface area contributed by atoms with Crippen molar-refractivity contribution in [1.82, 2.24) is 0 Å². The summed E-state index contributed by atoms with van der Waals surface area (Å²) < 4.78 is 5.60. The van der Waals surface area contributed by atoms with Gasteiger partial charge in [-0.15, -0.1) is 0 Å². The van der Waals surface area contributed by atoms with Gasteiger partial charge in [-0.3, -0.25) is 0 Å². The number of hydrogen-bond donors (Lipinski definition) is 0. The Balaban J connectivity index is 1.64. The molecule has 0 bridgehead atoms. The van der Waals surface area contributed by atoms with Crippen LogP contribution in [0.5, 0.6) is 5.75 Å². The second-order valence-electron chi connectivity index (χ2n) is 8.03. The van der Waals surface area contributed by atoms with Crippen molar-refractivity contribution in [2.45, 2.75) is 78.1 Å². The maximum absolute atomic E-state index is 5.60. The summed E-state index contributed by atoms with van der Waals surface area (Å²) in [5.41, 5.74) is 1.15. The molecule has 1 aliphatic rings. The standard InChI is InChI=1S/C27H38O/c1-3-5-6-9-12-24-15-17-25(18-16-24)13-10-7-8-11-14-26-19-21-27(22-20-26)28-23-4-2/h10-11,13-14,19-22,24-25H,3-6,9,12,15-18,23H2,1-2H3/b13-10+,14-11+. The molecular formula is C27H38O. The Labute approximate surface area is 173 Å². The topological polar surface area (TPSA) is 9.23 Å². The molecule has 152 valence electrons. The quantitative estimate of drug-likeness (QED) is 0.298. The molecule has 1 fully saturated rings. The van der Waals surface area contributed by atoms with Crippen molar-refractivity contribution < 1.29 is 4.74 Å². The van der Waals surface area contributed by atoms with Crippen molar-refractivity contribution in [3.63, 3.8) is 0 Å². The van der Waals surface area contributed by atoms with Gasteiger partial charge in [0.1, 0.15) is 5.75 Å². The van der Waals surface area contributed by atoms with Gasteiger partial charge in [-0.25, -0.2) is 0 Å². The number of benzene rings is 1.